The molecule has 1 saturated heterocycles. The van der Waals surface area contributed by atoms with Gasteiger partial charge in [-0.05, 0) is 25.6 Å². The van der Waals surface area contributed by atoms with E-state index in [4.69, 9.17) is 14.2 Å². The molecule has 0 bridgehead atoms. The van der Waals surface area contributed by atoms with E-state index in [-0.39, 0.29) is 6.29 Å². The predicted molar refractivity (Wildman–Crippen MR) is 79.4 cm³/mol. The van der Waals surface area contributed by atoms with Gasteiger partial charge in [-0.15, -0.1) is 0 Å². The average molecular weight is 293 g/mol. The third kappa shape index (κ3) is 5.46. The molecule has 0 atom stereocenters. The van der Waals surface area contributed by atoms with Crippen molar-refractivity contribution in [1.82, 2.24) is 4.90 Å². The summed E-state index contributed by atoms with van der Waals surface area (Å²) in [6.45, 7) is 3.66. The minimum Gasteiger partial charge on any atom is -0.494 e. The molecule has 1 fully saturated rings. The van der Waals surface area contributed by atoms with Crippen molar-refractivity contribution in [1.29, 1.82) is 0 Å². The van der Waals surface area contributed by atoms with E-state index in [1.807, 2.05) is 31.3 Å². The number of nitrogens with zero attached hydrogens (tertiary/aromatic N) is 1. The Bertz CT molecular complexity index is 432. The molecule has 0 spiro atoms. The van der Waals surface area contributed by atoms with Crippen LogP contribution in [-0.2, 0) is 14.3 Å². The maximum atomic E-state index is 10.3. The maximum absolute atomic E-state index is 10.3. The van der Waals surface area contributed by atoms with Gasteiger partial charge in [0.25, 0.3) is 0 Å². The molecular weight excluding hydrogens is 270 g/mol. The molecule has 0 aromatic heterocycles. The monoisotopic (exact) mass is 293 g/mol. The lowest BCUT2D eigenvalue weighted by atomic mass is 10.2. The minimum atomic E-state index is -0.261. The van der Waals surface area contributed by atoms with Crippen molar-refractivity contribution in [2.45, 2.75) is 19.1 Å². The molecule has 0 unspecified atom stereocenters. The van der Waals surface area contributed by atoms with E-state index >= 15 is 0 Å². The van der Waals surface area contributed by atoms with E-state index in [0.717, 1.165) is 37.1 Å². The summed E-state index contributed by atoms with van der Waals surface area (Å²) in [5, 5.41) is 0. The van der Waals surface area contributed by atoms with Crippen LogP contribution < -0.4 is 4.74 Å². The molecule has 5 nitrogen and oxygen atoms in total. The summed E-state index contributed by atoms with van der Waals surface area (Å²) in [7, 11) is 2.01. The number of carbonyl (C=O) groups excluding carboxylic acids is 1. The van der Waals surface area contributed by atoms with Crippen LogP contribution in [0.2, 0.25) is 0 Å². The smallest absolute Gasteiger partial charge is 0.184 e. The lowest BCUT2D eigenvalue weighted by Crippen LogP contribution is -2.22. The number of aldehydes is 1. The summed E-state index contributed by atoms with van der Waals surface area (Å²) in [6.07, 6.45) is 2.20. The van der Waals surface area contributed by atoms with Crippen molar-refractivity contribution in [3.8, 4) is 5.75 Å². The van der Waals surface area contributed by atoms with Crippen molar-refractivity contribution in [2.24, 2.45) is 0 Å². The molecule has 0 N–H and O–H groups in total. The molecule has 1 aromatic rings. The van der Waals surface area contributed by atoms with Crippen LogP contribution in [0.15, 0.2) is 24.3 Å². The Labute approximate surface area is 125 Å². The van der Waals surface area contributed by atoms with E-state index in [1.165, 1.54) is 0 Å². The molecule has 1 aromatic carbocycles. The Morgan fingerprint density at radius 1 is 1.33 bits per heavy atom. The highest BCUT2D eigenvalue weighted by molar-refractivity contribution is 5.49. The van der Waals surface area contributed by atoms with E-state index in [1.54, 1.807) is 0 Å². The summed E-state index contributed by atoms with van der Waals surface area (Å²) in [4.78, 5) is 12.4. The van der Waals surface area contributed by atoms with Crippen molar-refractivity contribution in [3.05, 3.63) is 29.8 Å². The zero-order valence-electron chi connectivity index (χ0n) is 12.5. The number of hydrogen-bond acceptors (Lipinski definition) is 5. The average Bonchev–Trinajstić information content (AvgIpc) is 3.04. The zero-order valence-corrected chi connectivity index (χ0v) is 12.5. The quantitative estimate of drug-likeness (QED) is 0.515. The fourth-order valence-electron chi connectivity index (χ4n) is 2.21. The molecule has 0 radical (unpaired) electrons. The van der Waals surface area contributed by atoms with Gasteiger partial charge in [0.05, 0.1) is 19.8 Å². The summed E-state index contributed by atoms with van der Waals surface area (Å²) < 4.78 is 16.7. The topological polar surface area (TPSA) is 48.0 Å². The molecule has 116 valence electrons. The highest BCUT2D eigenvalue weighted by Gasteiger charge is 2.18. The first-order valence-electron chi connectivity index (χ1n) is 7.38. The number of ether oxygens (including phenoxy) is 3. The van der Waals surface area contributed by atoms with Gasteiger partial charge in [-0.3, -0.25) is 0 Å². The normalized spacial score (nSPS) is 15.5. The standard InChI is InChI=1S/C16H23NO4/c1-17(7-3-9-18)8-4-10-19-15-6-2-5-14(13-15)16-20-11-12-21-16/h2,5-6,9,13,16H,3-4,7-8,10-12H2,1H3. The van der Waals surface area contributed by atoms with Crippen LogP contribution in [0.4, 0.5) is 0 Å². The first-order chi connectivity index (χ1) is 10.3. The van der Waals surface area contributed by atoms with Crippen LogP contribution in [0, 0.1) is 0 Å². The summed E-state index contributed by atoms with van der Waals surface area (Å²) in [5.41, 5.74) is 0.994. The van der Waals surface area contributed by atoms with Gasteiger partial charge in [-0.1, -0.05) is 12.1 Å². The first kappa shape index (κ1) is 15.9. The van der Waals surface area contributed by atoms with Gasteiger partial charge in [0.2, 0.25) is 0 Å². The van der Waals surface area contributed by atoms with Crippen molar-refractivity contribution >= 4 is 6.29 Å². The van der Waals surface area contributed by atoms with Crippen LogP contribution in [0.1, 0.15) is 24.7 Å². The maximum Gasteiger partial charge on any atom is 0.184 e. The second-order valence-electron chi connectivity index (χ2n) is 5.11. The Hall–Kier alpha value is -1.43. The molecule has 0 amide bonds. The Morgan fingerprint density at radius 3 is 2.90 bits per heavy atom. The van der Waals surface area contributed by atoms with E-state index < -0.39 is 0 Å². The van der Waals surface area contributed by atoms with Gasteiger partial charge in [0.1, 0.15) is 12.0 Å². The van der Waals surface area contributed by atoms with E-state index in [2.05, 4.69) is 4.90 Å². The molecule has 2 rings (SSSR count). The van der Waals surface area contributed by atoms with Gasteiger partial charge >= 0.3 is 0 Å². The van der Waals surface area contributed by atoms with Crippen LogP contribution >= 0.6 is 0 Å². The third-order valence-electron chi connectivity index (χ3n) is 3.33. The van der Waals surface area contributed by atoms with Gasteiger partial charge in [0, 0.05) is 25.1 Å². The van der Waals surface area contributed by atoms with Gasteiger partial charge in [-0.25, -0.2) is 0 Å². The molecule has 1 aliphatic rings. The second-order valence-corrected chi connectivity index (χ2v) is 5.11. The highest BCUT2D eigenvalue weighted by atomic mass is 16.7. The Kier molecular flexibility index (Phi) is 6.66. The van der Waals surface area contributed by atoms with Gasteiger partial charge in [-0.2, -0.15) is 0 Å². The van der Waals surface area contributed by atoms with Crippen LogP contribution in [-0.4, -0.2) is 51.1 Å². The number of rotatable bonds is 9. The predicted octanol–water partition coefficient (Wildman–Crippen LogP) is 2.02. The SMILES string of the molecule is CN(CCC=O)CCCOc1cccc(C2OCCO2)c1. The molecule has 1 heterocycles. The van der Waals surface area contributed by atoms with Crippen LogP contribution in [0.5, 0.6) is 5.75 Å². The van der Waals surface area contributed by atoms with Crippen LogP contribution in [0.25, 0.3) is 0 Å². The first-order valence-corrected chi connectivity index (χ1v) is 7.38. The van der Waals surface area contributed by atoms with Crippen molar-refractivity contribution < 1.29 is 19.0 Å². The van der Waals surface area contributed by atoms with E-state index in [9.17, 15) is 4.79 Å². The van der Waals surface area contributed by atoms with Crippen molar-refractivity contribution in [3.63, 3.8) is 0 Å². The summed E-state index contributed by atoms with van der Waals surface area (Å²) in [6, 6.07) is 7.84. The van der Waals surface area contributed by atoms with Crippen LogP contribution in [0.3, 0.4) is 0 Å². The largest absolute Gasteiger partial charge is 0.494 e. The van der Waals surface area contributed by atoms with E-state index in [0.29, 0.717) is 26.2 Å². The number of hydrogen-bond donors (Lipinski definition) is 0. The zero-order chi connectivity index (χ0) is 14.9. The molecule has 1 aliphatic heterocycles. The molecule has 0 aliphatic carbocycles. The Morgan fingerprint density at radius 2 is 2.14 bits per heavy atom. The second kappa shape index (κ2) is 8.77. The van der Waals surface area contributed by atoms with Gasteiger partial charge < -0.3 is 23.9 Å². The number of carbonyl (C=O) groups is 1. The summed E-state index contributed by atoms with van der Waals surface area (Å²) >= 11 is 0. The lowest BCUT2D eigenvalue weighted by molar-refractivity contribution is -0.108. The molecular formula is C16H23NO4. The molecule has 5 heteroatoms. The summed E-state index contributed by atoms with van der Waals surface area (Å²) in [5.74, 6) is 0.835. The Balaban J connectivity index is 1.70. The van der Waals surface area contributed by atoms with Crippen molar-refractivity contribution in [2.75, 3.05) is 40.0 Å². The highest BCUT2D eigenvalue weighted by Crippen LogP contribution is 2.26. The fourth-order valence-corrected chi connectivity index (χ4v) is 2.21. The molecule has 0 saturated carbocycles. The number of benzene rings is 1. The fraction of sp³-hybridized carbons (Fsp3) is 0.562. The van der Waals surface area contributed by atoms with Gasteiger partial charge in [0.15, 0.2) is 6.29 Å². The third-order valence-corrected chi connectivity index (χ3v) is 3.33. The molecule has 21 heavy (non-hydrogen) atoms. The lowest BCUT2D eigenvalue weighted by Gasteiger charge is -2.15. The minimum absolute atomic E-state index is 0.261.